The Morgan fingerprint density at radius 2 is 2.00 bits per heavy atom. The van der Waals surface area contributed by atoms with Crippen LogP contribution in [0.5, 0.6) is 0 Å². The third-order valence-electron chi connectivity index (χ3n) is 1.67. The first-order valence-corrected chi connectivity index (χ1v) is 4.50. The van der Waals surface area contributed by atoms with Crippen LogP contribution in [0.1, 0.15) is 18.4 Å². The fourth-order valence-corrected chi connectivity index (χ4v) is 0.981. The molecule has 0 heterocycles. The molecule has 0 fully saturated rings. The maximum Gasteiger partial charge on any atom is 0.0434 e. The smallest absolute Gasteiger partial charge is 0.0434 e. The monoisotopic (exact) mass is 174 g/mol. The van der Waals surface area contributed by atoms with Gasteiger partial charge in [-0.3, -0.25) is 0 Å². The Hall–Kier alpha value is -1.30. The van der Waals surface area contributed by atoms with Gasteiger partial charge in [0.25, 0.3) is 0 Å². The molecule has 0 unspecified atom stereocenters. The van der Waals surface area contributed by atoms with Gasteiger partial charge in [0, 0.05) is 6.61 Å². The molecule has 1 aromatic carbocycles. The van der Waals surface area contributed by atoms with Crippen molar-refractivity contribution in [3.63, 3.8) is 0 Å². The molecule has 68 valence electrons. The van der Waals surface area contributed by atoms with E-state index in [2.05, 4.69) is 5.73 Å². The average molecular weight is 174 g/mol. The molecule has 1 rings (SSSR count). The fourth-order valence-electron chi connectivity index (χ4n) is 0.981. The molecule has 0 radical (unpaired) electrons. The fraction of sp³-hybridized carbons (Fsp3) is 0.250. The molecule has 0 aliphatic heterocycles. The van der Waals surface area contributed by atoms with Gasteiger partial charge in [0.2, 0.25) is 0 Å². The highest BCUT2D eigenvalue weighted by atomic mass is 16.2. The lowest BCUT2D eigenvalue weighted by molar-refractivity contribution is 0.289. The zero-order valence-corrected chi connectivity index (χ0v) is 7.61. The summed E-state index contributed by atoms with van der Waals surface area (Å²) in [5.74, 6) is 0. The Bertz CT molecular complexity index is 281. The van der Waals surface area contributed by atoms with Crippen molar-refractivity contribution in [2.24, 2.45) is 0 Å². The largest absolute Gasteiger partial charge is 0.396 e. The summed E-state index contributed by atoms with van der Waals surface area (Å²) in [7, 11) is 0. The lowest BCUT2D eigenvalue weighted by atomic mass is 10.2. The highest BCUT2D eigenvalue weighted by molar-refractivity contribution is 5.47. The summed E-state index contributed by atoms with van der Waals surface area (Å²) in [5.41, 5.74) is 4.23. The molecule has 0 spiro atoms. The number of allylic oxidation sites excluding steroid dienone is 1. The summed E-state index contributed by atoms with van der Waals surface area (Å²) in [6.45, 7) is 0.253. The number of aliphatic hydroxyl groups excluding tert-OH is 1. The summed E-state index contributed by atoms with van der Waals surface area (Å²) in [5, 5.41) is 8.52. The van der Waals surface area contributed by atoms with E-state index in [0.29, 0.717) is 0 Å². The molecule has 13 heavy (non-hydrogen) atoms. The van der Waals surface area contributed by atoms with Crippen LogP contribution in [0.4, 0.5) is 0 Å². The van der Waals surface area contributed by atoms with Crippen molar-refractivity contribution in [3.8, 4) is 0 Å². The van der Waals surface area contributed by atoms with Crippen molar-refractivity contribution in [1.82, 2.24) is 0 Å². The van der Waals surface area contributed by atoms with Gasteiger partial charge in [-0.15, -0.1) is 5.73 Å². The first-order valence-electron chi connectivity index (χ1n) is 4.50. The number of hydrogen-bond acceptors (Lipinski definition) is 1. The maximum absolute atomic E-state index is 8.52. The number of hydrogen-bond donors (Lipinski definition) is 1. The molecule has 0 aliphatic rings. The van der Waals surface area contributed by atoms with Crippen molar-refractivity contribution in [3.05, 3.63) is 47.7 Å². The molecular formula is C12H14O. The minimum atomic E-state index is 0.253. The lowest BCUT2D eigenvalue weighted by Gasteiger charge is -1.87. The summed E-state index contributed by atoms with van der Waals surface area (Å²) in [6, 6.07) is 10.1. The first-order chi connectivity index (χ1) is 6.43. The zero-order chi connectivity index (χ0) is 9.36. The molecular weight excluding hydrogens is 160 g/mol. The van der Waals surface area contributed by atoms with Crippen molar-refractivity contribution in [2.75, 3.05) is 6.61 Å². The topological polar surface area (TPSA) is 20.2 Å². The summed E-state index contributed by atoms with van der Waals surface area (Å²) in [4.78, 5) is 0. The molecule has 0 amide bonds. The molecule has 1 heteroatoms. The Morgan fingerprint density at radius 1 is 1.23 bits per heavy atom. The predicted octanol–water partition coefficient (Wildman–Crippen LogP) is 2.63. The van der Waals surface area contributed by atoms with Crippen molar-refractivity contribution < 1.29 is 5.11 Å². The molecule has 0 aliphatic carbocycles. The van der Waals surface area contributed by atoms with Crippen LogP contribution in [0.25, 0.3) is 6.08 Å². The van der Waals surface area contributed by atoms with E-state index in [1.54, 1.807) is 0 Å². The third-order valence-corrected chi connectivity index (χ3v) is 1.67. The highest BCUT2D eigenvalue weighted by Crippen LogP contribution is 1.99. The number of aliphatic hydroxyl groups is 1. The molecule has 1 nitrogen and oxygen atoms in total. The number of rotatable bonds is 4. The zero-order valence-electron chi connectivity index (χ0n) is 7.61. The van der Waals surface area contributed by atoms with Crippen molar-refractivity contribution >= 4 is 6.08 Å². The van der Waals surface area contributed by atoms with Gasteiger partial charge in [0.1, 0.15) is 0 Å². The van der Waals surface area contributed by atoms with E-state index >= 15 is 0 Å². The van der Waals surface area contributed by atoms with Crippen LogP contribution in [0, 0.1) is 0 Å². The number of unbranched alkanes of at least 4 members (excludes halogenated alkanes) is 1. The van der Waals surface area contributed by atoms with Crippen LogP contribution in [0.2, 0.25) is 0 Å². The predicted molar refractivity (Wildman–Crippen MR) is 55.3 cm³/mol. The lowest BCUT2D eigenvalue weighted by Crippen LogP contribution is -1.77. The summed E-state index contributed by atoms with van der Waals surface area (Å²) >= 11 is 0. The first kappa shape index (κ1) is 9.79. The standard InChI is InChI=1S/C12H14O/c13-11-7-2-1-4-8-12-9-5-3-6-10-12/h1,3,5-6,8-10,13H,2,7,11H2. The van der Waals surface area contributed by atoms with Gasteiger partial charge in [-0.1, -0.05) is 30.3 Å². The SMILES string of the molecule is OCCCC=C=Cc1ccccc1. The van der Waals surface area contributed by atoms with Gasteiger partial charge in [-0.2, -0.15) is 0 Å². The molecule has 0 atom stereocenters. The van der Waals surface area contributed by atoms with Crippen LogP contribution < -0.4 is 0 Å². The second-order valence-electron chi connectivity index (χ2n) is 2.79. The van der Waals surface area contributed by atoms with Crippen molar-refractivity contribution in [2.45, 2.75) is 12.8 Å². The molecule has 1 aromatic rings. The van der Waals surface area contributed by atoms with E-state index in [1.807, 2.05) is 42.5 Å². The second-order valence-corrected chi connectivity index (χ2v) is 2.79. The van der Waals surface area contributed by atoms with Gasteiger partial charge in [-0.25, -0.2) is 0 Å². The number of benzene rings is 1. The second kappa shape index (κ2) is 6.24. The van der Waals surface area contributed by atoms with E-state index in [0.717, 1.165) is 18.4 Å². The van der Waals surface area contributed by atoms with Crippen molar-refractivity contribution in [1.29, 1.82) is 0 Å². The van der Waals surface area contributed by atoms with E-state index in [-0.39, 0.29) is 6.61 Å². The van der Waals surface area contributed by atoms with Crippen LogP contribution >= 0.6 is 0 Å². The van der Waals surface area contributed by atoms with Crippen LogP contribution in [0.15, 0.2) is 42.1 Å². The van der Waals surface area contributed by atoms with E-state index in [9.17, 15) is 0 Å². The Labute approximate surface area is 79.0 Å². The van der Waals surface area contributed by atoms with Crippen LogP contribution in [-0.2, 0) is 0 Å². The van der Waals surface area contributed by atoms with Gasteiger partial charge in [0.15, 0.2) is 0 Å². The molecule has 0 aromatic heterocycles. The summed E-state index contributed by atoms with van der Waals surface area (Å²) < 4.78 is 0. The Kier molecular flexibility index (Phi) is 4.70. The van der Waals surface area contributed by atoms with Gasteiger partial charge < -0.3 is 5.11 Å². The maximum atomic E-state index is 8.52. The molecule has 0 bridgehead atoms. The minimum absolute atomic E-state index is 0.253. The van der Waals surface area contributed by atoms with Crippen LogP contribution in [-0.4, -0.2) is 11.7 Å². The third kappa shape index (κ3) is 4.32. The molecule has 1 N–H and O–H groups in total. The van der Waals surface area contributed by atoms with Gasteiger partial charge in [-0.05, 0) is 30.6 Å². The van der Waals surface area contributed by atoms with E-state index in [1.165, 1.54) is 0 Å². The van der Waals surface area contributed by atoms with E-state index in [4.69, 9.17) is 5.11 Å². The van der Waals surface area contributed by atoms with Gasteiger partial charge >= 0.3 is 0 Å². The van der Waals surface area contributed by atoms with E-state index < -0.39 is 0 Å². The Morgan fingerprint density at radius 3 is 2.69 bits per heavy atom. The Balaban J connectivity index is 2.44. The molecule has 0 saturated carbocycles. The summed E-state index contributed by atoms with van der Waals surface area (Å²) in [6.07, 6.45) is 5.59. The normalized spacial score (nSPS) is 9.00. The quantitative estimate of drug-likeness (QED) is 0.549. The molecule has 0 saturated heterocycles. The average Bonchev–Trinajstić information content (AvgIpc) is 2.19. The highest BCUT2D eigenvalue weighted by Gasteiger charge is 1.79. The minimum Gasteiger partial charge on any atom is -0.396 e. The van der Waals surface area contributed by atoms with Gasteiger partial charge in [0.05, 0.1) is 0 Å². The van der Waals surface area contributed by atoms with Crippen LogP contribution in [0.3, 0.4) is 0 Å².